The molecule has 0 fully saturated rings. The second-order valence-corrected chi connectivity index (χ2v) is 6.44. The van der Waals surface area contributed by atoms with Crippen LogP contribution in [0.25, 0.3) is 0 Å². The summed E-state index contributed by atoms with van der Waals surface area (Å²) < 4.78 is 11.8. The molecule has 23 heavy (non-hydrogen) atoms. The lowest BCUT2D eigenvalue weighted by Gasteiger charge is -2.20. The molecule has 0 N–H and O–H groups in total. The van der Waals surface area contributed by atoms with Crippen molar-refractivity contribution in [2.45, 2.75) is 31.7 Å². The van der Waals surface area contributed by atoms with Gasteiger partial charge in [-0.3, -0.25) is 0 Å². The topological polar surface area (TPSA) is 57.5 Å². The van der Waals surface area contributed by atoms with Gasteiger partial charge in [0.15, 0.2) is 0 Å². The van der Waals surface area contributed by atoms with E-state index in [2.05, 4.69) is 15.9 Å². The first-order chi connectivity index (χ1) is 10.8. The van der Waals surface area contributed by atoms with Crippen molar-refractivity contribution in [3.63, 3.8) is 0 Å². The van der Waals surface area contributed by atoms with Gasteiger partial charge in [0.1, 0.15) is 17.0 Å². The Labute approximate surface area is 143 Å². The van der Waals surface area contributed by atoms with Crippen LogP contribution in [0, 0.1) is 0 Å². The van der Waals surface area contributed by atoms with Gasteiger partial charge in [-0.15, -0.1) is 0 Å². The summed E-state index contributed by atoms with van der Waals surface area (Å²) in [6.07, 6.45) is 0.886. The van der Waals surface area contributed by atoms with Crippen molar-refractivity contribution in [2.75, 3.05) is 0 Å². The first kappa shape index (κ1) is 17.3. The number of esters is 1. The summed E-state index contributed by atoms with van der Waals surface area (Å²) in [5, 5.41) is 0.419. The van der Waals surface area contributed by atoms with E-state index < -0.39 is 17.7 Å². The number of halogens is 1. The van der Waals surface area contributed by atoms with Crippen LogP contribution < -0.4 is 4.74 Å². The second kappa shape index (κ2) is 7.00. The smallest absolute Gasteiger partial charge is 0.419 e. The van der Waals surface area contributed by atoms with E-state index in [4.69, 9.17) is 9.47 Å². The highest BCUT2D eigenvalue weighted by atomic mass is 79.9. The Bertz CT molecular complexity index is 701. The second-order valence-electron chi connectivity index (χ2n) is 5.88. The van der Waals surface area contributed by atoms with Gasteiger partial charge in [-0.2, -0.15) is 0 Å². The average Bonchev–Trinajstić information content (AvgIpc) is 2.90. The predicted molar refractivity (Wildman–Crippen MR) is 90.1 cm³/mol. The Morgan fingerprint density at radius 2 is 1.78 bits per heavy atom. The highest BCUT2D eigenvalue weighted by molar-refractivity contribution is 9.08. The quantitative estimate of drug-likeness (QED) is 0.450. The summed E-state index contributed by atoms with van der Waals surface area (Å²) >= 11 is 3.31. The van der Waals surface area contributed by atoms with Gasteiger partial charge in [-0.05, 0) is 44.5 Å². The van der Waals surface area contributed by atoms with Crippen LogP contribution in [0.1, 0.15) is 36.8 Å². The number of benzene rings is 1. The number of hydrogen-bond acceptors (Lipinski definition) is 4. The molecule has 0 saturated carbocycles. The van der Waals surface area contributed by atoms with Crippen molar-refractivity contribution in [1.82, 2.24) is 4.57 Å². The molecule has 5 nitrogen and oxygen atoms in total. The van der Waals surface area contributed by atoms with E-state index >= 15 is 0 Å². The van der Waals surface area contributed by atoms with E-state index in [1.165, 1.54) is 10.8 Å². The monoisotopic (exact) mass is 379 g/mol. The third-order valence-corrected chi connectivity index (χ3v) is 3.46. The molecule has 0 bridgehead atoms. The molecule has 0 radical (unpaired) electrons. The zero-order chi connectivity index (χ0) is 17.0. The van der Waals surface area contributed by atoms with Crippen LogP contribution in [0.2, 0.25) is 0 Å². The van der Waals surface area contributed by atoms with Gasteiger partial charge >= 0.3 is 12.1 Å². The molecule has 0 aliphatic heterocycles. The maximum absolute atomic E-state index is 12.5. The van der Waals surface area contributed by atoms with Crippen LogP contribution in [0.5, 0.6) is 5.75 Å². The zero-order valence-electron chi connectivity index (χ0n) is 13.2. The van der Waals surface area contributed by atoms with Crippen LogP contribution in [-0.2, 0) is 10.1 Å². The lowest BCUT2D eigenvalue weighted by Crippen LogP contribution is -2.29. The summed E-state index contributed by atoms with van der Waals surface area (Å²) in [6.45, 7) is 5.30. The summed E-state index contributed by atoms with van der Waals surface area (Å²) in [5.41, 5.74) is 0.146. The first-order valence-electron chi connectivity index (χ1n) is 7.08. The van der Waals surface area contributed by atoms with Crippen molar-refractivity contribution >= 4 is 28.0 Å². The zero-order valence-corrected chi connectivity index (χ0v) is 14.8. The third-order valence-electron chi connectivity index (χ3n) is 2.85. The number of para-hydroxylation sites is 1. The van der Waals surface area contributed by atoms with E-state index in [-0.39, 0.29) is 5.69 Å². The molecule has 2 rings (SSSR count). The number of nitrogens with zero attached hydrogens (tertiary/aromatic N) is 1. The molecular formula is C17H18BrNO4. The molecule has 0 aliphatic carbocycles. The van der Waals surface area contributed by atoms with Crippen LogP contribution in [0.3, 0.4) is 0 Å². The Hall–Kier alpha value is -2.08. The number of carbonyl (C=O) groups excluding carboxylic acids is 2. The van der Waals surface area contributed by atoms with Gasteiger partial charge in [0.25, 0.3) is 0 Å². The van der Waals surface area contributed by atoms with Gasteiger partial charge < -0.3 is 9.47 Å². The first-order valence-corrected chi connectivity index (χ1v) is 8.21. The molecule has 0 spiro atoms. The molecule has 0 atom stereocenters. The van der Waals surface area contributed by atoms with Crippen molar-refractivity contribution in [1.29, 1.82) is 0 Å². The van der Waals surface area contributed by atoms with Crippen LogP contribution in [0.4, 0.5) is 4.79 Å². The maximum Gasteiger partial charge on any atom is 0.419 e. The van der Waals surface area contributed by atoms with Crippen LogP contribution in [-0.4, -0.2) is 22.2 Å². The summed E-state index contributed by atoms with van der Waals surface area (Å²) in [7, 11) is 0. The number of rotatable bonds is 3. The molecule has 0 amide bonds. The van der Waals surface area contributed by atoms with E-state index in [9.17, 15) is 9.59 Å². The molecule has 0 saturated heterocycles. The maximum atomic E-state index is 12.5. The Morgan fingerprint density at radius 3 is 2.35 bits per heavy atom. The van der Waals surface area contributed by atoms with Gasteiger partial charge in [0, 0.05) is 11.5 Å². The normalized spacial score (nSPS) is 11.1. The number of ether oxygens (including phenoxy) is 2. The summed E-state index contributed by atoms with van der Waals surface area (Å²) in [5.74, 6) is -0.198. The van der Waals surface area contributed by atoms with E-state index in [1.54, 1.807) is 51.1 Å². The molecule has 6 heteroatoms. The molecule has 1 heterocycles. The molecule has 1 aromatic carbocycles. The lowest BCUT2D eigenvalue weighted by molar-refractivity contribution is 0.0511. The highest BCUT2D eigenvalue weighted by Gasteiger charge is 2.25. The molecular weight excluding hydrogens is 362 g/mol. The SMILES string of the molecule is CC(C)(C)OC(=O)n1ccc(CBr)c1C(=O)Oc1ccccc1. The van der Waals surface area contributed by atoms with Crippen molar-refractivity contribution in [3.05, 3.63) is 53.9 Å². The van der Waals surface area contributed by atoms with Crippen LogP contribution in [0.15, 0.2) is 42.6 Å². The molecule has 1 aromatic heterocycles. The van der Waals surface area contributed by atoms with Gasteiger partial charge in [-0.25, -0.2) is 14.2 Å². The minimum absolute atomic E-state index is 0.153. The predicted octanol–water partition coefficient (Wildman–Crippen LogP) is 4.39. The Morgan fingerprint density at radius 1 is 1.13 bits per heavy atom. The Kier molecular flexibility index (Phi) is 5.26. The minimum atomic E-state index is -0.656. The number of hydrogen-bond donors (Lipinski definition) is 0. The van der Waals surface area contributed by atoms with Crippen molar-refractivity contribution < 1.29 is 19.1 Å². The largest absolute Gasteiger partial charge is 0.443 e. The average molecular weight is 380 g/mol. The van der Waals surface area contributed by atoms with Gasteiger partial charge in [0.05, 0.1) is 0 Å². The minimum Gasteiger partial charge on any atom is -0.443 e. The summed E-state index contributed by atoms with van der Waals surface area (Å²) in [4.78, 5) is 24.8. The van der Waals surface area contributed by atoms with E-state index in [0.717, 1.165) is 0 Å². The highest BCUT2D eigenvalue weighted by Crippen LogP contribution is 2.20. The summed E-state index contributed by atoms with van der Waals surface area (Å²) in [6, 6.07) is 10.4. The number of aromatic nitrogens is 1. The fraction of sp³-hybridized carbons (Fsp3) is 0.294. The van der Waals surface area contributed by atoms with Crippen molar-refractivity contribution in [2.24, 2.45) is 0 Å². The van der Waals surface area contributed by atoms with Crippen molar-refractivity contribution in [3.8, 4) is 5.75 Å². The molecule has 2 aromatic rings. The van der Waals surface area contributed by atoms with Gasteiger partial charge in [-0.1, -0.05) is 34.1 Å². The van der Waals surface area contributed by atoms with Gasteiger partial charge in [0.2, 0.25) is 0 Å². The third kappa shape index (κ3) is 4.45. The standard InChI is InChI=1S/C17H18BrNO4/c1-17(2,3)23-16(21)19-10-9-12(11-18)14(19)15(20)22-13-7-5-4-6-8-13/h4-10H,11H2,1-3H3. The molecule has 122 valence electrons. The van der Waals surface area contributed by atoms with E-state index in [1.807, 2.05) is 6.07 Å². The van der Waals surface area contributed by atoms with E-state index in [0.29, 0.717) is 16.6 Å². The lowest BCUT2D eigenvalue weighted by atomic mass is 10.2. The fourth-order valence-electron chi connectivity index (χ4n) is 1.92. The van der Waals surface area contributed by atoms with Crippen LogP contribution >= 0.6 is 15.9 Å². The fourth-order valence-corrected chi connectivity index (χ4v) is 2.37. The Balaban J connectivity index is 2.31. The molecule has 0 unspecified atom stereocenters. The number of alkyl halides is 1. The molecule has 0 aliphatic rings. The number of carbonyl (C=O) groups is 2.